The zero-order valence-corrected chi connectivity index (χ0v) is 28.6. The van der Waals surface area contributed by atoms with Gasteiger partial charge in [0, 0.05) is 19.4 Å². The molecule has 0 heterocycles. The molecule has 0 aliphatic heterocycles. The van der Waals surface area contributed by atoms with Gasteiger partial charge in [0.25, 0.3) is 0 Å². The van der Waals surface area contributed by atoms with E-state index in [0.717, 1.165) is 22.3 Å². The average molecular weight is 695 g/mol. The third-order valence-corrected chi connectivity index (χ3v) is 8.52. The van der Waals surface area contributed by atoms with Crippen LogP contribution >= 0.6 is 0 Å². The molecule has 50 heavy (non-hydrogen) atoms. The molecule has 3 aromatic carbocycles. The number of rotatable bonds is 22. The van der Waals surface area contributed by atoms with E-state index in [1.165, 1.54) is 0 Å². The number of aliphatic hydroxyl groups excluding tert-OH is 2. The fourth-order valence-electron chi connectivity index (χ4n) is 5.90. The van der Waals surface area contributed by atoms with Gasteiger partial charge in [-0.05, 0) is 53.6 Å². The summed E-state index contributed by atoms with van der Waals surface area (Å²) in [5.41, 5.74) is 3.51. The first-order chi connectivity index (χ1) is 24.3. The average Bonchev–Trinajstić information content (AvgIpc) is 3.43. The first kappa shape index (κ1) is 38.8. The molecule has 0 radical (unpaired) electrons. The quantitative estimate of drug-likeness (QED) is 0.0988. The number of hydrogen-bond donors (Lipinski definition) is 5. The summed E-state index contributed by atoms with van der Waals surface area (Å²) in [7, 11) is 1.61. The molecular formula is C38H50N2O10. The maximum absolute atomic E-state index is 13.9. The van der Waals surface area contributed by atoms with Gasteiger partial charge in [0.2, 0.25) is 5.91 Å². The summed E-state index contributed by atoms with van der Waals surface area (Å²) in [5.74, 6) is -0.957. The first-order valence-corrected chi connectivity index (χ1v) is 17.1. The lowest BCUT2D eigenvalue weighted by molar-refractivity contribution is -0.127. The highest BCUT2D eigenvalue weighted by atomic mass is 16.6. The molecule has 0 spiro atoms. The van der Waals surface area contributed by atoms with Crippen LogP contribution in [0.5, 0.6) is 5.75 Å². The minimum Gasteiger partial charge on any atom is -0.508 e. The number of aliphatic hydroxyl groups is 2. The molecular weight excluding hydrogens is 644 g/mol. The monoisotopic (exact) mass is 694 g/mol. The molecule has 5 N–H and O–H groups in total. The summed E-state index contributed by atoms with van der Waals surface area (Å²) in [5, 5.41) is 38.0. The molecule has 2 amide bonds. The van der Waals surface area contributed by atoms with Gasteiger partial charge in [0.1, 0.15) is 12.4 Å². The molecule has 3 unspecified atom stereocenters. The fraction of sp³-hybridized carbons (Fsp3) is 0.474. The van der Waals surface area contributed by atoms with Crippen molar-refractivity contribution in [2.24, 2.45) is 5.92 Å². The number of phenols is 1. The molecule has 0 aromatic heterocycles. The van der Waals surface area contributed by atoms with E-state index in [-0.39, 0.29) is 37.7 Å². The van der Waals surface area contributed by atoms with E-state index in [0.29, 0.717) is 52.5 Å². The van der Waals surface area contributed by atoms with Gasteiger partial charge >= 0.3 is 6.09 Å². The van der Waals surface area contributed by atoms with Gasteiger partial charge in [0.05, 0.1) is 70.5 Å². The van der Waals surface area contributed by atoms with Crippen molar-refractivity contribution in [2.45, 2.75) is 50.0 Å². The fourth-order valence-corrected chi connectivity index (χ4v) is 5.90. The normalized spacial score (nSPS) is 17.0. The van der Waals surface area contributed by atoms with E-state index in [1.807, 2.05) is 54.6 Å². The van der Waals surface area contributed by atoms with Crippen molar-refractivity contribution < 1.29 is 48.6 Å². The molecule has 0 fully saturated rings. The minimum absolute atomic E-state index is 0.00279. The van der Waals surface area contributed by atoms with Crippen molar-refractivity contribution in [1.29, 1.82) is 0 Å². The van der Waals surface area contributed by atoms with Crippen LogP contribution in [0.15, 0.2) is 78.9 Å². The van der Waals surface area contributed by atoms with Gasteiger partial charge in [-0.1, -0.05) is 66.7 Å². The Morgan fingerprint density at radius 3 is 2.06 bits per heavy atom. The van der Waals surface area contributed by atoms with Crippen molar-refractivity contribution >= 4 is 12.0 Å². The van der Waals surface area contributed by atoms with Crippen molar-refractivity contribution in [3.63, 3.8) is 0 Å². The molecule has 12 nitrogen and oxygen atoms in total. The molecule has 272 valence electrons. The molecule has 1 aliphatic rings. The molecule has 12 heteroatoms. The number of alkyl carbamates (subject to hydrolysis) is 1. The summed E-state index contributed by atoms with van der Waals surface area (Å²) >= 11 is 0. The van der Waals surface area contributed by atoms with E-state index in [4.69, 9.17) is 23.7 Å². The Kier molecular flexibility index (Phi) is 16.5. The van der Waals surface area contributed by atoms with E-state index in [1.54, 1.807) is 31.4 Å². The number of methoxy groups -OCH3 is 1. The maximum Gasteiger partial charge on any atom is 0.407 e. The van der Waals surface area contributed by atoms with Gasteiger partial charge in [-0.3, -0.25) is 4.79 Å². The number of aromatic hydroxyl groups is 1. The maximum atomic E-state index is 13.9. The van der Waals surface area contributed by atoms with Crippen molar-refractivity contribution in [1.82, 2.24) is 10.6 Å². The van der Waals surface area contributed by atoms with Crippen LogP contribution in [-0.2, 0) is 47.7 Å². The number of phenolic OH excluding ortho intramolecular Hbond substituents is 1. The number of benzene rings is 3. The standard InChI is InChI=1S/C38H50N2O10/c1-46-15-16-47-17-18-48-19-20-49-21-22-50-38(45)39-33(24-27-7-3-2-4-8-27)34(42)26-30(23-28-11-13-31(41)14-12-28)37(44)40-36-32-10-6-5-9-29(32)25-35(36)43/h2-14,30,33-36,41-43H,15-26H2,1H3,(H,39,45)(H,40,44)/t30?,33?,34?,35-,36-/m0/s1. The zero-order chi connectivity index (χ0) is 35.6. The van der Waals surface area contributed by atoms with Gasteiger partial charge in [-0.15, -0.1) is 0 Å². The number of fused-ring (bicyclic) bond motifs is 1. The Morgan fingerprint density at radius 1 is 0.780 bits per heavy atom. The van der Waals surface area contributed by atoms with Crippen LogP contribution in [0.3, 0.4) is 0 Å². The van der Waals surface area contributed by atoms with E-state index in [9.17, 15) is 24.9 Å². The van der Waals surface area contributed by atoms with Crippen LogP contribution in [0.1, 0.15) is 34.7 Å². The summed E-state index contributed by atoms with van der Waals surface area (Å²) in [6, 6.07) is 22.2. The van der Waals surface area contributed by atoms with E-state index < -0.39 is 36.3 Å². The number of ether oxygens (including phenoxy) is 5. The summed E-state index contributed by atoms with van der Waals surface area (Å²) in [6.45, 7) is 2.80. The van der Waals surface area contributed by atoms with Crippen LogP contribution in [0.4, 0.5) is 4.79 Å². The van der Waals surface area contributed by atoms with Gasteiger partial charge in [-0.25, -0.2) is 4.79 Å². The van der Waals surface area contributed by atoms with Gasteiger partial charge < -0.3 is 49.6 Å². The third-order valence-electron chi connectivity index (χ3n) is 8.52. The highest BCUT2D eigenvalue weighted by Crippen LogP contribution is 2.32. The van der Waals surface area contributed by atoms with Crippen LogP contribution in [0, 0.1) is 5.92 Å². The van der Waals surface area contributed by atoms with E-state index in [2.05, 4.69) is 10.6 Å². The predicted octanol–water partition coefficient (Wildman–Crippen LogP) is 3.11. The lowest BCUT2D eigenvalue weighted by atomic mass is 9.88. The SMILES string of the molecule is COCCOCCOCCOCCOC(=O)NC(Cc1ccccc1)C(O)CC(Cc1ccc(O)cc1)C(=O)N[C@H]1c2ccccc2C[C@@H]1O. The van der Waals surface area contributed by atoms with Crippen molar-refractivity contribution in [3.05, 3.63) is 101 Å². The minimum atomic E-state index is -1.14. The largest absolute Gasteiger partial charge is 0.508 e. The van der Waals surface area contributed by atoms with Crippen molar-refractivity contribution in [3.8, 4) is 5.75 Å². The highest BCUT2D eigenvalue weighted by Gasteiger charge is 2.35. The smallest absolute Gasteiger partial charge is 0.407 e. The molecule has 0 saturated carbocycles. The Bertz CT molecular complexity index is 1420. The Balaban J connectivity index is 1.34. The molecule has 4 rings (SSSR count). The number of hydrogen-bond acceptors (Lipinski definition) is 10. The third kappa shape index (κ3) is 13.0. The second kappa shape index (κ2) is 21.2. The lowest BCUT2D eigenvalue weighted by Gasteiger charge is -2.28. The van der Waals surface area contributed by atoms with Crippen LogP contribution in [0.25, 0.3) is 0 Å². The summed E-state index contributed by atoms with van der Waals surface area (Å²) in [6.07, 6.45) is -1.64. The lowest BCUT2D eigenvalue weighted by Crippen LogP contribution is -2.47. The number of carbonyl (C=O) groups excluding carboxylic acids is 2. The molecule has 1 aliphatic carbocycles. The molecule has 0 bridgehead atoms. The predicted molar refractivity (Wildman–Crippen MR) is 186 cm³/mol. The van der Waals surface area contributed by atoms with E-state index >= 15 is 0 Å². The van der Waals surface area contributed by atoms with Crippen LogP contribution in [-0.4, -0.2) is 106 Å². The zero-order valence-electron chi connectivity index (χ0n) is 28.6. The first-order valence-electron chi connectivity index (χ1n) is 17.1. The summed E-state index contributed by atoms with van der Waals surface area (Å²) in [4.78, 5) is 26.8. The molecule has 3 aromatic rings. The number of nitrogens with one attached hydrogen (secondary N) is 2. The molecule has 5 atom stereocenters. The van der Waals surface area contributed by atoms with Crippen LogP contribution in [0.2, 0.25) is 0 Å². The Morgan fingerprint density at radius 2 is 1.38 bits per heavy atom. The second-order valence-electron chi connectivity index (χ2n) is 12.2. The number of carbonyl (C=O) groups is 2. The Hall–Kier alpha value is -4.04. The highest BCUT2D eigenvalue weighted by molar-refractivity contribution is 5.80. The van der Waals surface area contributed by atoms with Crippen molar-refractivity contribution in [2.75, 3.05) is 60.0 Å². The Labute approximate surface area is 293 Å². The van der Waals surface area contributed by atoms with Crippen LogP contribution < -0.4 is 10.6 Å². The van der Waals surface area contributed by atoms with Gasteiger partial charge in [0.15, 0.2) is 0 Å². The topological polar surface area (TPSA) is 165 Å². The number of amides is 2. The second-order valence-corrected chi connectivity index (χ2v) is 12.2. The molecule has 0 saturated heterocycles. The summed E-state index contributed by atoms with van der Waals surface area (Å²) < 4.78 is 26.5. The van der Waals surface area contributed by atoms with Gasteiger partial charge in [-0.2, -0.15) is 0 Å².